The zero-order valence-electron chi connectivity index (χ0n) is 11.8. The van der Waals surface area contributed by atoms with E-state index in [2.05, 4.69) is 44.8 Å². The van der Waals surface area contributed by atoms with Crippen LogP contribution in [0.1, 0.15) is 53.9 Å². The molecule has 1 N–H and O–H groups in total. The number of rotatable bonds is 5. The molecular weight excluding hydrogens is 196 g/mol. The molecule has 4 atom stereocenters. The van der Waals surface area contributed by atoms with Gasteiger partial charge in [0.2, 0.25) is 0 Å². The van der Waals surface area contributed by atoms with Gasteiger partial charge < -0.3 is 5.32 Å². The van der Waals surface area contributed by atoms with Crippen molar-refractivity contribution in [1.29, 1.82) is 0 Å². The largest absolute Gasteiger partial charge is 0.313 e. The second kappa shape index (κ2) is 6.61. The number of nitrogens with zero attached hydrogens (tertiary/aromatic N) is 1. The highest BCUT2D eigenvalue weighted by Gasteiger charge is 2.30. The van der Waals surface area contributed by atoms with Gasteiger partial charge in [0, 0.05) is 18.1 Å². The first-order chi connectivity index (χ1) is 7.61. The SMILES string of the molecule is CCNC(CC)C(C)N1CCCC(C)C1C. The van der Waals surface area contributed by atoms with Gasteiger partial charge in [0.05, 0.1) is 0 Å². The lowest BCUT2D eigenvalue weighted by Gasteiger charge is -2.44. The molecule has 0 aromatic carbocycles. The number of hydrogen-bond acceptors (Lipinski definition) is 2. The van der Waals surface area contributed by atoms with Crippen LogP contribution in [0.5, 0.6) is 0 Å². The number of likely N-dealkylation sites (tertiary alicyclic amines) is 1. The molecule has 0 spiro atoms. The Bertz CT molecular complexity index is 193. The molecule has 0 aromatic rings. The molecule has 0 aliphatic carbocycles. The Balaban J connectivity index is 2.59. The van der Waals surface area contributed by atoms with E-state index in [1.165, 1.54) is 25.8 Å². The topological polar surface area (TPSA) is 15.3 Å². The monoisotopic (exact) mass is 226 g/mol. The Labute approximate surface area is 102 Å². The van der Waals surface area contributed by atoms with Gasteiger partial charge in [-0.1, -0.05) is 20.8 Å². The molecule has 0 aromatic heterocycles. The molecule has 1 heterocycles. The summed E-state index contributed by atoms with van der Waals surface area (Å²) in [4.78, 5) is 2.71. The third-order valence-corrected chi connectivity index (χ3v) is 4.43. The van der Waals surface area contributed by atoms with Crippen molar-refractivity contribution in [3.05, 3.63) is 0 Å². The predicted octanol–water partition coefficient (Wildman–Crippen LogP) is 2.88. The van der Waals surface area contributed by atoms with Crippen molar-refractivity contribution in [3.8, 4) is 0 Å². The number of likely N-dealkylation sites (N-methyl/N-ethyl adjacent to an activating group) is 1. The molecule has 96 valence electrons. The van der Waals surface area contributed by atoms with Crippen LogP contribution in [-0.4, -0.2) is 36.1 Å². The fourth-order valence-corrected chi connectivity index (χ4v) is 3.09. The first-order valence-corrected chi connectivity index (χ1v) is 7.10. The summed E-state index contributed by atoms with van der Waals surface area (Å²) >= 11 is 0. The summed E-state index contributed by atoms with van der Waals surface area (Å²) in [5.41, 5.74) is 0. The maximum Gasteiger partial charge on any atom is 0.0223 e. The van der Waals surface area contributed by atoms with Crippen LogP contribution in [0.4, 0.5) is 0 Å². The van der Waals surface area contributed by atoms with Gasteiger partial charge in [-0.2, -0.15) is 0 Å². The van der Waals surface area contributed by atoms with E-state index in [9.17, 15) is 0 Å². The van der Waals surface area contributed by atoms with Gasteiger partial charge in [-0.25, -0.2) is 0 Å². The van der Waals surface area contributed by atoms with Crippen LogP contribution in [0.15, 0.2) is 0 Å². The van der Waals surface area contributed by atoms with Crippen molar-refractivity contribution in [3.63, 3.8) is 0 Å². The Morgan fingerprint density at radius 3 is 2.56 bits per heavy atom. The Morgan fingerprint density at radius 1 is 1.31 bits per heavy atom. The highest BCUT2D eigenvalue weighted by Crippen LogP contribution is 2.26. The molecule has 1 fully saturated rings. The van der Waals surface area contributed by atoms with Crippen molar-refractivity contribution in [1.82, 2.24) is 10.2 Å². The second-order valence-corrected chi connectivity index (χ2v) is 5.41. The van der Waals surface area contributed by atoms with E-state index >= 15 is 0 Å². The van der Waals surface area contributed by atoms with Crippen LogP contribution in [0.25, 0.3) is 0 Å². The second-order valence-electron chi connectivity index (χ2n) is 5.41. The lowest BCUT2D eigenvalue weighted by atomic mass is 9.89. The lowest BCUT2D eigenvalue weighted by Crippen LogP contribution is -2.54. The highest BCUT2D eigenvalue weighted by atomic mass is 15.2. The molecule has 4 unspecified atom stereocenters. The van der Waals surface area contributed by atoms with E-state index in [4.69, 9.17) is 0 Å². The molecule has 16 heavy (non-hydrogen) atoms. The van der Waals surface area contributed by atoms with Crippen LogP contribution in [0.2, 0.25) is 0 Å². The fourth-order valence-electron chi connectivity index (χ4n) is 3.09. The number of nitrogens with one attached hydrogen (secondary N) is 1. The van der Waals surface area contributed by atoms with E-state index in [-0.39, 0.29) is 0 Å². The minimum Gasteiger partial charge on any atom is -0.313 e. The van der Waals surface area contributed by atoms with E-state index in [0.29, 0.717) is 12.1 Å². The van der Waals surface area contributed by atoms with Crippen molar-refractivity contribution in [2.45, 2.75) is 72.0 Å². The van der Waals surface area contributed by atoms with Crippen molar-refractivity contribution >= 4 is 0 Å². The molecule has 1 aliphatic rings. The molecule has 0 radical (unpaired) electrons. The summed E-state index contributed by atoms with van der Waals surface area (Å²) < 4.78 is 0. The molecule has 0 bridgehead atoms. The quantitative estimate of drug-likeness (QED) is 0.775. The molecule has 1 rings (SSSR count). The van der Waals surface area contributed by atoms with Crippen molar-refractivity contribution < 1.29 is 0 Å². The van der Waals surface area contributed by atoms with Crippen LogP contribution >= 0.6 is 0 Å². The zero-order valence-corrected chi connectivity index (χ0v) is 11.8. The predicted molar refractivity (Wildman–Crippen MR) is 71.8 cm³/mol. The van der Waals surface area contributed by atoms with Crippen molar-refractivity contribution in [2.24, 2.45) is 5.92 Å². The van der Waals surface area contributed by atoms with E-state index < -0.39 is 0 Å². The minimum atomic E-state index is 0.651. The van der Waals surface area contributed by atoms with Crippen LogP contribution < -0.4 is 5.32 Å². The van der Waals surface area contributed by atoms with Crippen molar-refractivity contribution in [2.75, 3.05) is 13.1 Å². The maximum atomic E-state index is 3.62. The molecule has 1 saturated heterocycles. The lowest BCUT2D eigenvalue weighted by molar-refractivity contribution is 0.0572. The van der Waals surface area contributed by atoms with E-state index in [0.717, 1.165) is 18.5 Å². The third-order valence-electron chi connectivity index (χ3n) is 4.43. The minimum absolute atomic E-state index is 0.651. The van der Waals surface area contributed by atoms with Crippen LogP contribution in [0, 0.1) is 5.92 Å². The maximum absolute atomic E-state index is 3.62. The van der Waals surface area contributed by atoms with Gasteiger partial charge in [0.15, 0.2) is 0 Å². The Hall–Kier alpha value is -0.0800. The summed E-state index contributed by atoms with van der Waals surface area (Å²) in [6, 6.07) is 2.07. The average molecular weight is 226 g/mol. The van der Waals surface area contributed by atoms with Crippen LogP contribution in [-0.2, 0) is 0 Å². The van der Waals surface area contributed by atoms with Gasteiger partial charge >= 0.3 is 0 Å². The smallest absolute Gasteiger partial charge is 0.0223 e. The Morgan fingerprint density at radius 2 is 2.00 bits per heavy atom. The van der Waals surface area contributed by atoms with E-state index in [1.54, 1.807) is 0 Å². The van der Waals surface area contributed by atoms with Gasteiger partial charge in [-0.3, -0.25) is 4.90 Å². The summed E-state index contributed by atoms with van der Waals surface area (Å²) in [6.07, 6.45) is 4.01. The summed E-state index contributed by atoms with van der Waals surface area (Å²) in [5, 5.41) is 3.62. The van der Waals surface area contributed by atoms with Crippen LogP contribution in [0.3, 0.4) is 0 Å². The van der Waals surface area contributed by atoms with Gasteiger partial charge in [0.1, 0.15) is 0 Å². The standard InChI is InChI=1S/C14H30N2/c1-6-14(15-7-2)13(5)16-10-8-9-11(3)12(16)4/h11-15H,6-10H2,1-5H3. The molecule has 1 aliphatic heterocycles. The van der Waals surface area contributed by atoms with Gasteiger partial charge in [-0.15, -0.1) is 0 Å². The summed E-state index contributed by atoms with van der Waals surface area (Å²) in [5.74, 6) is 0.857. The Kier molecular flexibility index (Phi) is 5.77. The normalized spacial score (nSPS) is 31.3. The highest BCUT2D eigenvalue weighted by molar-refractivity contribution is 4.87. The third kappa shape index (κ3) is 3.21. The molecule has 0 saturated carbocycles. The first-order valence-electron chi connectivity index (χ1n) is 7.10. The average Bonchev–Trinajstić information content (AvgIpc) is 2.29. The summed E-state index contributed by atoms with van der Waals surface area (Å²) in [6.45, 7) is 14.1. The molecular formula is C14H30N2. The number of piperidine rings is 1. The van der Waals surface area contributed by atoms with E-state index in [1.807, 2.05) is 0 Å². The first kappa shape index (κ1) is 14.0. The molecule has 2 nitrogen and oxygen atoms in total. The number of hydrogen-bond donors (Lipinski definition) is 1. The molecule has 2 heteroatoms. The fraction of sp³-hybridized carbons (Fsp3) is 1.00. The van der Waals surface area contributed by atoms with Gasteiger partial charge in [0.25, 0.3) is 0 Å². The summed E-state index contributed by atoms with van der Waals surface area (Å²) in [7, 11) is 0. The molecule has 0 amide bonds. The van der Waals surface area contributed by atoms with Gasteiger partial charge in [-0.05, 0) is 52.1 Å². The zero-order chi connectivity index (χ0) is 12.1.